The molecule has 0 radical (unpaired) electrons. The van der Waals surface area contributed by atoms with Crippen LogP contribution in [0.2, 0.25) is 5.02 Å². The Morgan fingerprint density at radius 3 is 2.50 bits per heavy atom. The lowest BCUT2D eigenvalue weighted by molar-refractivity contribution is -0.143. The van der Waals surface area contributed by atoms with Gasteiger partial charge in [-0.1, -0.05) is 27.5 Å². The van der Waals surface area contributed by atoms with Crippen molar-refractivity contribution in [1.82, 2.24) is 15.1 Å². The van der Waals surface area contributed by atoms with E-state index in [9.17, 15) is 22.4 Å². The number of benzene rings is 2. The first-order valence-corrected chi connectivity index (χ1v) is 8.97. The second kappa shape index (κ2) is 7.92. The van der Waals surface area contributed by atoms with Crippen molar-refractivity contribution >= 4 is 33.4 Å². The minimum atomic E-state index is -4.83. The van der Waals surface area contributed by atoms with Crippen molar-refractivity contribution in [1.29, 1.82) is 0 Å². The SMILES string of the molecule is O=C(NCc1cc(F)ccc1Br)c1cnn(-c2ccc(Cl)cc2)c1C(F)(F)F. The molecule has 28 heavy (non-hydrogen) atoms. The van der Waals surface area contributed by atoms with Gasteiger partial charge in [0.1, 0.15) is 5.82 Å². The fourth-order valence-electron chi connectivity index (χ4n) is 2.51. The van der Waals surface area contributed by atoms with Crippen LogP contribution in [0.1, 0.15) is 21.6 Å². The van der Waals surface area contributed by atoms with Crippen LogP contribution < -0.4 is 5.32 Å². The van der Waals surface area contributed by atoms with Gasteiger partial charge in [0.2, 0.25) is 0 Å². The molecule has 4 nitrogen and oxygen atoms in total. The number of amides is 1. The molecule has 1 aromatic heterocycles. The first-order valence-electron chi connectivity index (χ1n) is 7.80. The highest BCUT2D eigenvalue weighted by Gasteiger charge is 2.40. The Hall–Kier alpha value is -2.39. The standard InChI is InChI=1S/C18H11BrClF4N3O/c19-15-6-3-12(21)7-10(15)8-25-17(28)14-9-26-27(16(14)18(22,23)24)13-4-1-11(20)2-5-13/h1-7,9H,8H2,(H,25,28). The second-order valence-electron chi connectivity index (χ2n) is 5.71. The predicted octanol–water partition coefficient (Wildman–Crippen LogP) is 5.38. The van der Waals surface area contributed by atoms with Crippen LogP contribution in [0.5, 0.6) is 0 Å². The number of hydrogen-bond acceptors (Lipinski definition) is 2. The lowest BCUT2D eigenvalue weighted by atomic mass is 10.2. The summed E-state index contributed by atoms with van der Waals surface area (Å²) in [6, 6.07) is 9.38. The third-order valence-corrected chi connectivity index (χ3v) is 4.83. The van der Waals surface area contributed by atoms with Gasteiger partial charge in [-0.15, -0.1) is 0 Å². The molecule has 0 atom stereocenters. The van der Waals surface area contributed by atoms with Gasteiger partial charge < -0.3 is 5.32 Å². The van der Waals surface area contributed by atoms with Crippen molar-refractivity contribution in [3.63, 3.8) is 0 Å². The Bertz CT molecular complexity index is 1020. The molecule has 1 N–H and O–H groups in total. The van der Waals surface area contributed by atoms with E-state index in [0.29, 0.717) is 19.7 Å². The normalized spacial score (nSPS) is 11.5. The molecule has 0 saturated heterocycles. The number of alkyl halides is 3. The fourth-order valence-corrected chi connectivity index (χ4v) is 3.03. The Labute approximate surface area is 170 Å². The molecule has 10 heteroatoms. The molecular formula is C18H11BrClF4N3O. The highest BCUT2D eigenvalue weighted by molar-refractivity contribution is 9.10. The van der Waals surface area contributed by atoms with Gasteiger partial charge in [0.25, 0.3) is 5.91 Å². The van der Waals surface area contributed by atoms with Crippen LogP contribution in [0.3, 0.4) is 0 Å². The van der Waals surface area contributed by atoms with Crippen molar-refractivity contribution in [2.75, 3.05) is 0 Å². The van der Waals surface area contributed by atoms with E-state index >= 15 is 0 Å². The van der Waals surface area contributed by atoms with Crippen LogP contribution in [-0.4, -0.2) is 15.7 Å². The maximum Gasteiger partial charge on any atom is 0.434 e. The summed E-state index contributed by atoms with van der Waals surface area (Å²) < 4.78 is 55.3. The zero-order valence-electron chi connectivity index (χ0n) is 13.9. The molecule has 146 valence electrons. The molecular weight excluding hydrogens is 466 g/mol. The Balaban J connectivity index is 1.92. The number of hydrogen-bond donors (Lipinski definition) is 1. The minimum absolute atomic E-state index is 0.101. The quantitative estimate of drug-likeness (QED) is 0.514. The summed E-state index contributed by atoms with van der Waals surface area (Å²) in [6.07, 6.45) is -3.99. The van der Waals surface area contributed by atoms with Crippen molar-refractivity contribution in [3.05, 3.63) is 80.8 Å². The second-order valence-corrected chi connectivity index (χ2v) is 7.00. The number of nitrogens with zero attached hydrogens (tertiary/aromatic N) is 2. The van der Waals surface area contributed by atoms with E-state index in [1.165, 1.54) is 42.5 Å². The fraction of sp³-hybridized carbons (Fsp3) is 0.111. The molecule has 0 aliphatic carbocycles. The van der Waals surface area contributed by atoms with Gasteiger partial charge in [-0.25, -0.2) is 9.07 Å². The van der Waals surface area contributed by atoms with Gasteiger partial charge in [-0.05, 0) is 48.0 Å². The number of carbonyl (C=O) groups is 1. The molecule has 0 aliphatic rings. The van der Waals surface area contributed by atoms with Gasteiger partial charge in [0.05, 0.1) is 17.4 Å². The van der Waals surface area contributed by atoms with E-state index in [1.807, 2.05) is 0 Å². The largest absolute Gasteiger partial charge is 0.434 e. The molecule has 0 aliphatic heterocycles. The number of nitrogens with one attached hydrogen (secondary N) is 1. The summed E-state index contributed by atoms with van der Waals surface area (Å²) in [5.74, 6) is -1.51. The van der Waals surface area contributed by atoms with E-state index in [1.54, 1.807) is 0 Å². The van der Waals surface area contributed by atoms with Crippen LogP contribution in [0.25, 0.3) is 5.69 Å². The molecule has 2 aromatic carbocycles. The van der Waals surface area contributed by atoms with Crippen molar-refractivity contribution in [3.8, 4) is 5.69 Å². The van der Waals surface area contributed by atoms with Crippen LogP contribution in [0.4, 0.5) is 17.6 Å². The van der Waals surface area contributed by atoms with Crippen LogP contribution in [-0.2, 0) is 12.7 Å². The van der Waals surface area contributed by atoms with Crippen LogP contribution >= 0.6 is 27.5 Å². The molecule has 3 rings (SSSR count). The molecule has 0 saturated carbocycles. The summed E-state index contributed by atoms with van der Waals surface area (Å²) in [5.41, 5.74) is -1.38. The smallest absolute Gasteiger partial charge is 0.348 e. The Morgan fingerprint density at radius 2 is 1.86 bits per heavy atom. The summed E-state index contributed by atoms with van der Waals surface area (Å²) in [6.45, 7) is -0.166. The zero-order chi connectivity index (χ0) is 20.5. The van der Waals surface area contributed by atoms with Gasteiger partial charge in [0.15, 0.2) is 5.69 Å². The lowest BCUT2D eigenvalue weighted by Gasteiger charge is -2.13. The number of rotatable bonds is 4. The third kappa shape index (κ3) is 4.36. The third-order valence-electron chi connectivity index (χ3n) is 3.80. The molecule has 0 fully saturated rings. The molecule has 0 spiro atoms. The van der Waals surface area contributed by atoms with Gasteiger partial charge in [-0.2, -0.15) is 18.3 Å². The predicted molar refractivity (Wildman–Crippen MR) is 98.8 cm³/mol. The molecule has 0 bridgehead atoms. The maximum atomic E-state index is 13.6. The van der Waals surface area contributed by atoms with Gasteiger partial charge in [-0.3, -0.25) is 4.79 Å². The number of carbonyl (C=O) groups excluding carboxylic acids is 1. The van der Waals surface area contributed by atoms with Crippen LogP contribution in [0.15, 0.2) is 53.1 Å². The lowest BCUT2D eigenvalue weighted by Crippen LogP contribution is -2.26. The molecule has 1 amide bonds. The highest BCUT2D eigenvalue weighted by atomic mass is 79.9. The topological polar surface area (TPSA) is 46.9 Å². The molecule has 1 heterocycles. The summed E-state index contributed by atoms with van der Waals surface area (Å²) in [7, 11) is 0. The highest BCUT2D eigenvalue weighted by Crippen LogP contribution is 2.34. The van der Waals surface area contributed by atoms with Gasteiger partial charge in [0, 0.05) is 16.0 Å². The van der Waals surface area contributed by atoms with E-state index in [0.717, 1.165) is 6.20 Å². The first-order chi connectivity index (χ1) is 13.2. The molecule has 0 unspecified atom stereocenters. The molecule has 3 aromatic rings. The summed E-state index contributed by atoms with van der Waals surface area (Å²) in [5, 5.41) is 6.42. The zero-order valence-corrected chi connectivity index (χ0v) is 16.2. The van der Waals surface area contributed by atoms with Gasteiger partial charge >= 0.3 is 6.18 Å². The summed E-state index contributed by atoms with van der Waals surface area (Å²) >= 11 is 8.96. The van der Waals surface area contributed by atoms with Crippen molar-refractivity contribution < 1.29 is 22.4 Å². The van der Waals surface area contributed by atoms with E-state index < -0.39 is 29.2 Å². The number of halogens is 6. The Kier molecular flexibility index (Phi) is 5.76. The summed E-state index contributed by atoms with van der Waals surface area (Å²) in [4.78, 5) is 12.4. The maximum absolute atomic E-state index is 13.6. The Morgan fingerprint density at radius 1 is 1.18 bits per heavy atom. The van der Waals surface area contributed by atoms with E-state index in [4.69, 9.17) is 11.6 Å². The monoisotopic (exact) mass is 475 g/mol. The average Bonchev–Trinajstić information content (AvgIpc) is 3.08. The van der Waals surface area contributed by atoms with E-state index in [-0.39, 0.29) is 12.2 Å². The van der Waals surface area contributed by atoms with Crippen molar-refractivity contribution in [2.24, 2.45) is 0 Å². The van der Waals surface area contributed by atoms with Crippen molar-refractivity contribution in [2.45, 2.75) is 12.7 Å². The van der Waals surface area contributed by atoms with E-state index in [2.05, 4.69) is 26.3 Å². The average molecular weight is 477 g/mol. The minimum Gasteiger partial charge on any atom is -0.348 e. The van der Waals surface area contributed by atoms with Crippen LogP contribution in [0, 0.1) is 5.82 Å². The number of aromatic nitrogens is 2. The first kappa shape index (κ1) is 20.3.